The number of hydrogen-bond acceptors (Lipinski definition) is 4. The summed E-state index contributed by atoms with van der Waals surface area (Å²) < 4.78 is 5.40. The largest absolute Gasteiger partial charge is 0.481 e. The number of likely N-dealkylation sites (tertiary alicyclic amines) is 1. The SMILES string of the molecule is Cc1cc(C(=O)N2CCC3(CC2)NC(=O)C[C@H]3C(=O)O)c(C)o1. The van der Waals surface area contributed by atoms with E-state index in [4.69, 9.17) is 4.42 Å². The van der Waals surface area contributed by atoms with E-state index in [2.05, 4.69) is 5.32 Å². The summed E-state index contributed by atoms with van der Waals surface area (Å²) in [5.74, 6) is -0.725. The summed E-state index contributed by atoms with van der Waals surface area (Å²) in [6.45, 7) is 4.39. The van der Waals surface area contributed by atoms with Crippen LogP contribution in [0.5, 0.6) is 0 Å². The highest BCUT2D eigenvalue weighted by Crippen LogP contribution is 2.37. The maximum absolute atomic E-state index is 12.6. The van der Waals surface area contributed by atoms with Crippen molar-refractivity contribution in [1.29, 1.82) is 0 Å². The van der Waals surface area contributed by atoms with Crippen molar-refractivity contribution >= 4 is 17.8 Å². The molecule has 23 heavy (non-hydrogen) atoms. The molecule has 1 aromatic rings. The molecule has 3 rings (SSSR count). The van der Waals surface area contributed by atoms with Crippen molar-refractivity contribution in [2.45, 2.75) is 38.6 Å². The van der Waals surface area contributed by atoms with Gasteiger partial charge in [0.05, 0.1) is 17.0 Å². The minimum Gasteiger partial charge on any atom is -0.481 e. The second-order valence-corrected chi connectivity index (χ2v) is 6.42. The molecule has 3 heterocycles. The van der Waals surface area contributed by atoms with Crippen molar-refractivity contribution in [3.8, 4) is 0 Å². The molecule has 2 fully saturated rings. The summed E-state index contributed by atoms with van der Waals surface area (Å²) >= 11 is 0. The van der Waals surface area contributed by atoms with Crippen LogP contribution in [-0.4, -0.2) is 46.4 Å². The number of furan rings is 1. The summed E-state index contributed by atoms with van der Waals surface area (Å²) in [6.07, 6.45) is 0.929. The Morgan fingerprint density at radius 3 is 2.52 bits per heavy atom. The van der Waals surface area contributed by atoms with E-state index in [0.717, 1.165) is 0 Å². The van der Waals surface area contributed by atoms with Crippen LogP contribution in [0.15, 0.2) is 10.5 Å². The summed E-state index contributed by atoms with van der Waals surface area (Å²) in [5, 5.41) is 12.2. The number of rotatable bonds is 2. The van der Waals surface area contributed by atoms with E-state index in [1.807, 2.05) is 0 Å². The molecule has 2 amide bonds. The van der Waals surface area contributed by atoms with E-state index >= 15 is 0 Å². The zero-order valence-corrected chi connectivity index (χ0v) is 13.2. The Balaban J connectivity index is 1.73. The van der Waals surface area contributed by atoms with Crippen LogP contribution in [0.3, 0.4) is 0 Å². The number of nitrogens with zero attached hydrogens (tertiary/aromatic N) is 1. The Kier molecular flexibility index (Phi) is 3.66. The number of carboxylic acid groups (broad SMARTS) is 1. The summed E-state index contributed by atoms with van der Waals surface area (Å²) in [7, 11) is 0. The zero-order chi connectivity index (χ0) is 16.8. The molecule has 7 nitrogen and oxygen atoms in total. The third kappa shape index (κ3) is 2.60. The van der Waals surface area contributed by atoms with Crippen LogP contribution >= 0.6 is 0 Å². The Hall–Kier alpha value is -2.31. The van der Waals surface area contributed by atoms with Gasteiger partial charge in [-0.1, -0.05) is 0 Å². The van der Waals surface area contributed by atoms with Gasteiger partial charge in [-0.2, -0.15) is 0 Å². The van der Waals surface area contributed by atoms with Crippen molar-refractivity contribution in [2.24, 2.45) is 5.92 Å². The molecule has 0 radical (unpaired) electrons. The highest BCUT2D eigenvalue weighted by Gasteiger charge is 2.52. The van der Waals surface area contributed by atoms with E-state index < -0.39 is 17.4 Å². The number of aliphatic carboxylic acids is 1. The molecule has 0 aliphatic carbocycles. The quantitative estimate of drug-likeness (QED) is 0.850. The first-order chi connectivity index (χ1) is 10.8. The number of nitrogens with one attached hydrogen (secondary N) is 1. The number of aryl methyl sites for hydroxylation is 2. The van der Waals surface area contributed by atoms with E-state index in [9.17, 15) is 19.5 Å². The molecule has 7 heteroatoms. The van der Waals surface area contributed by atoms with Gasteiger partial charge in [0.2, 0.25) is 5.91 Å². The van der Waals surface area contributed by atoms with Gasteiger partial charge in [0.25, 0.3) is 5.91 Å². The molecule has 2 aliphatic rings. The first-order valence-corrected chi connectivity index (χ1v) is 7.72. The van der Waals surface area contributed by atoms with Crippen molar-refractivity contribution < 1.29 is 23.9 Å². The third-order valence-electron chi connectivity index (χ3n) is 4.96. The van der Waals surface area contributed by atoms with E-state index in [1.54, 1.807) is 24.8 Å². The van der Waals surface area contributed by atoms with E-state index in [0.29, 0.717) is 43.0 Å². The first kappa shape index (κ1) is 15.6. The van der Waals surface area contributed by atoms with Gasteiger partial charge in [0.1, 0.15) is 11.5 Å². The first-order valence-electron chi connectivity index (χ1n) is 7.72. The molecule has 0 saturated carbocycles. The smallest absolute Gasteiger partial charge is 0.309 e. The van der Waals surface area contributed by atoms with Gasteiger partial charge in [-0.3, -0.25) is 14.4 Å². The predicted molar refractivity (Wildman–Crippen MR) is 79.9 cm³/mol. The van der Waals surface area contributed by atoms with Gasteiger partial charge in [0.15, 0.2) is 0 Å². The molecule has 2 saturated heterocycles. The van der Waals surface area contributed by atoms with Crippen LogP contribution in [0.1, 0.15) is 41.1 Å². The van der Waals surface area contributed by atoms with Crippen LogP contribution in [0.4, 0.5) is 0 Å². The summed E-state index contributed by atoms with van der Waals surface area (Å²) in [5.41, 5.74) is -0.176. The normalized spacial score (nSPS) is 23.1. The lowest BCUT2D eigenvalue weighted by Gasteiger charge is -2.41. The van der Waals surface area contributed by atoms with E-state index in [1.165, 1.54) is 0 Å². The second kappa shape index (κ2) is 5.40. The van der Waals surface area contributed by atoms with Crippen molar-refractivity contribution in [3.63, 3.8) is 0 Å². The number of carbonyl (C=O) groups excluding carboxylic acids is 2. The molecular formula is C16H20N2O5. The lowest BCUT2D eigenvalue weighted by Crippen LogP contribution is -2.56. The van der Waals surface area contributed by atoms with Crippen LogP contribution in [-0.2, 0) is 9.59 Å². The van der Waals surface area contributed by atoms with Gasteiger partial charge in [-0.25, -0.2) is 0 Å². The Labute approximate surface area is 133 Å². The highest BCUT2D eigenvalue weighted by molar-refractivity contribution is 5.95. The number of piperidine rings is 1. The third-order valence-corrected chi connectivity index (χ3v) is 4.96. The van der Waals surface area contributed by atoms with Crippen molar-refractivity contribution in [2.75, 3.05) is 13.1 Å². The fourth-order valence-electron chi connectivity index (χ4n) is 3.72. The molecule has 1 atom stereocenters. The maximum Gasteiger partial charge on any atom is 0.309 e. The minimum absolute atomic E-state index is 0.0172. The standard InChI is InChI=1S/C16H20N2O5/c1-9-7-11(10(2)23-9)14(20)18-5-3-16(4-6-18)12(15(21)22)8-13(19)17-16/h7,12H,3-6,8H2,1-2H3,(H,17,19)(H,21,22)/t12-/m0/s1. The monoisotopic (exact) mass is 320 g/mol. The average Bonchev–Trinajstić information content (AvgIpc) is 2.99. The van der Waals surface area contributed by atoms with Gasteiger partial charge < -0.3 is 19.7 Å². The zero-order valence-electron chi connectivity index (χ0n) is 13.2. The fraction of sp³-hybridized carbons (Fsp3) is 0.562. The molecular weight excluding hydrogens is 300 g/mol. The lowest BCUT2D eigenvalue weighted by molar-refractivity contribution is -0.144. The molecule has 1 spiro atoms. The minimum atomic E-state index is -0.954. The van der Waals surface area contributed by atoms with Crippen LogP contribution < -0.4 is 5.32 Å². The van der Waals surface area contributed by atoms with Crippen LogP contribution in [0.2, 0.25) is 0 Å². The van der Waals surface area contributed by atoms with Gasteiger partial charge >= 0.3 is 5.97 Å². The highest BCUT2D eigenvalue weighted by atomic mass is 16.4. The molecule has 2 aliphatic heterocycles. The molecule has 1 aromatic heterocycles. The Bertz CT molecular complexity index is 670. The van der Waals surface area contributed by atoms with Gasteiger partial charge in [0, 0.05) is 19.5 Å². The van der Waals surface area contributed by atoms with Crippen LogP contribution in [0, 0.1) is 19.8 Å². The summed E-state index contributed by atoms with van der Waals surface area (Å²) in [6, 6.07) is 1.72. The average molecular weight is 320 g/mol. The van der Waals surface area contributed by atoms with Crippen LogP contribution in [0.25, 0.3) is 0 Å². The summed E-state index contributed by atoms with van der Waals surface area (Å²) in [4.78, 5) is 37.3. The van der Waals surface area contributed by atoms with Gasteiger partial charge in [-0.05, 0) is 32.8 Å². The molecule has 0 aromatic carbocycles. The van der Waals surface area contributed by atoms with Gasteiger partial charge in [-0.15, -0.1) is 0 Å². The molecule has 124 valence electrons. The topological polar surface area (TPSA) is 99.9 Å². The number of amides is 2. The number of hydrogen-bond donors (Lipinski definition) is 2. The van der Waals surface area contributed by atoms with Crippen molar-refractivity contribution in [3.05, 3.63) is 23.2 Å². The van der Waals surface area contributed by atoms with E-state index in [-0.39, 0.29) is 18.2 Å². The molecule has 2 N–H and O–H groups in total. The Morgan fingerprint density at radius 2 is 2.00 bits per heavy atom. The Morgan fingerprint density at radius 1 is 1.35 bits per heavy atom. The number of carbonyl (C=O) groups is 3. The lowest BCUT2D eigenvalue weighted by atomic mass is 9.77. The molecule has 0 bridgehead atoms. The molecule has 0 unspecified atom stereocenters. The van der Waals surface area contributed by atoms with Crippen molar-refractivity contribution in [1.82, 2.24) is 10.2 Å². The second-order valence-electron chi connectivity index (χ2n) is 6.42. The number of carboxylic acids is 1. The fourth-order valence-corrected chi connectivity index (χ4v) is 3.72. The maximum atomic E-state index is 12.6. The predicted octanol–water partition coefficient (Wildman–Crippen LogP) is 1.09.